The molecule has 58 valence electrons. The molecule has 0 aromatic heterocycles. The molecule has 2 aliphatic rings. The summed E-state index contributed by atoms with van der Waals surface area (Å²) in [7, 11) is 0. The molecular formula is C7H6O4. The Balaban J connectivity index is 2.33. The molecule has 2 heterocycles. The molecule has 4 nitrogen and oxygen atoms in total. The molecule has 11 heavy (non-hydrogen) atoms. The third-order valence-corrected chi connectivity index (χ3v) is 1.52. The van der Waals surface area contributed by atoms with Crippen LogP contribution in [-0.2, 0) is 14.3 Å². The Hall–Kier alpha value is -1.13. The molecule has 0 aliphatic carbocycles. The topological polar surface area (TPSA) is 55.8 Å². The molecule has 0 aromatic rings. The van der Waals surface area contributed by atoms with E-state index < -0.39 is 12.3 Å². The summed E-state index contributed by atoms with van der Waals surface area (Å²) < 4.78 is 9.54. The van der Waals surface area contributed by atoms with Crippen molar-refractivity contribution >= 4 is 5.97 Å². The Morgan fingerprint density at radius 3 is 3.27 bits per heavy atom. The monoisotopic (exact) mass is 154 g/mol. The molecule has 2 rings (SSSR count). The number of esters is 1. The highest BCUT2D eigenvalue weighted by molar-refractivity contribution is 5.88. The van der Waals surface area contributed by atoms with Crippen LogP contribution < -0.4 is 0 Å². The number of hydrogen-bond donors (Lipinski definition) is 1. The van der Waals surface area contributed by atoms with Crippen molar-refractivity contribution in [3.63, 3.8) is 0 Å². The number of carbonyl (C=O) groups is 1. The van der Waals surface area contributed by atoms with Gasteiger partial charge in [0.15, 0.2) is 6.29 Å². The summed E-state index contributed by atoms with van der Waals surface area (Å²) in [6.07, 6.45) is 1.77. The van der Waals surface area contributed by atoms with Crippen molar-refractivity contribution in [1.29, 1.82) is 0 Å². The largest absolute Gasteiger partial charge is 0.423 e. The molecule has 1 atom stereocenters. The van der Waals surface area contributed by atoms with Crippen LogP contribution in [0, 0.1) is 0 Å². The second-order valence-corrected chi connectivity index (χ2v) is 2.32. The third kappa shape index (κ3) is 1.06. The minimum Gasteiger partial charge on any atom is -0.423 e. The Kier molecular flexibility index (Phi) is 1.30. The van der Waals surface area contributed by atoms with Crippen molar-refractivity contribution in [3.05, 3.63) is 23.5 Å². The van der Waals surface area contributed by atoms with Crippen LogP contribution in [0.3, 0.4) is 0 Å². The lowest BCUT2D eigenvalue weighted by molar-refractivity contribution is -0.132. The van der Waals surface area contributed by atoms with Gasteiger partial charge in [-0.05, 0) is 0 Å². The SMILES string of the molecule is O=C1C=C2COC(O)C=C2O1. The zero-order chi connectivity index (χ0) is 7.84. The number of ether oxygens (including phenoxy) is 2. The summed E-state index contributed by atoms with van der Waals surface area (Å²) in [4.78, 5) is 10.6. The number of rotatable bonds is 0. The Morgan fingerprint density at radius 1 is 1.64 bits per heavy atom. The highest BCUT2D eigenvalue weighted by atomic mass is 16.6. The summed E-state index contributed by atoms with van der Waals surface area (Å²) in [6.45, 7) is 0.235. The molecule has 0 saturated heterocycles. The van der Waals surface area contributed by atoms with E-state index in [9.17, 15) is 4.79 Å². The molecule has 2 aliphatic heterocycles. The second kappa shape index (κ2) is 2.18. The van der Waals surface area contributed by atoms with Crippen LogP contribution >= 0.6 is 0 Å². The van der Waals surface area contributed by atoms with Crippen LogP contribution in [0.15, 0.2) is 23.5 Å². The van der Waals surface area contributed by atoms with E-state index in [-0.39, 0.29) is 6.61 Å². The summed E-state index contributed by atoms with van der Waals surface area (Å²) in [5.74, 6) is 0.0256. The van der Waals surface area contributed by atoms with Gasteiger partial charge in [0.1, 0.15) is 5.76 Å². The first-order valence-electron chi connectivity index (χ1n) is 3.20. The van der Waals surface area contributed by atoms with Crippen molar-refractivity contribution in [2.45, 2.75) is 6.29 Å². The van der Waals surface area contributed by atoms with Crippen molar-refractivity contribution < 1.29 is 19.4 Å². The summed E-state index contributed by atoms with van der Waals surface area (Å²) in [5, 5.41) is 8.93. The van der Waals surface area contributed by atoms with Gasteiger partial charge in [0.25, 0.3) is 0 Å². The first-order chi connectivity index (χ1) is 5.25. The van der Waals surface area contributed by atoms with E-state index >= 15 is 0 Å². The van der Waals surface area contributed by atoms with Crippen LogP contribution in [0.25, 0.3) is 0 Å². The normalized spacial score (nSPS) is 28.8. The quantitative estimate of drug-likeness (QED) is 0.487. The Bertz CT molecular complexity index is 264. The minimum atomic E-state index is -0.951. The van der Waals surface area contributed by atoms with E-state index in [1.807, 2.05) is 0 Å². The first-order valence-corrected chi connectivity index (χ1v) is 3.20. The lowest BCUT2D eigenvalue weighted by atomic mass is 10.2. The van der Waals surface area contributed by atoms with Gasteiger partial charge in [-0.25, -0.2) is 4.79 Å². The predicted octanol–water partition coefficient (Wildman–Crippen LogP) is -0.298. The first kappa shape index (κ1) is 6.57. The number of carbonyl (C=O) groups excluding carboxylic acids is 1. The van der Waals surface area contributed by atoms with Gasteiger partial charge in [-0.15, -0.1) is 0 Å². The average molecular weight is 154 g/mol. The maximum Gasteiger partial charge on any atom is 0.336 e. The Labute approximate surface area is 62.7 Å². The molecule has 0 aromatic carbocycles. The molecule has 1 unspecified atom stereocenters. The van der Waals surface area contributed by atoms with E-state index in [0.717, 1.165) is 0 Å². The molecule has 0 saturated carbocycles. The maximum atomic E-state index is 10.6. The van der Waals surface area contributed by atoms with E-state index in [1.54, 1.807) is 0 Å². The smallest absolute Gasteiger partial charge is 0.336 e. The molecule has 0 bridgehead atoms. The van der Waals surface area contributed by atoms with E-state index in [2.05, 4.69) is 0 Å². The number of hydrogen-bond acceptors (Lipinski definition) is 4. The molecule has 0 amide bonds. The van der Waals surface area contributed by atoms with Gasteiger partial charge in [0.05, 0.1) is 6.61 Å². The fraction of sp³-hybridized carbons (Fsp3) is 0.286. The minimum absolute atomic E-state index is 0.235. The number of aliphatic hydroxyl groups is 1. The van der Waals surface area contributed by atoms with Crippen molar-refractivity contribution in [2.24, 2.45) is 0 Å². The van der Waals surface area contributed by atoms with Crippen molar-refractivity contribution in [2.75, 3.05) is 6.61 Å². The van der Waals surface area contributed by atoms with E-state index in [4.69, 9.17) is 14.6 Å². The fourth-order valence-electron chi connectivity index (χ4n) is 1.02. The van der Waals surface area contributed by atoms with Crippen LogP contribution in [0.4, 0.5) is 0 Å². The van der Waals surface area contributed by atoms with Crippen LogP contribution in [0.2, 0.25) is 0 Å². The Morgan fingerprint density at radius 2 is 2.45 bits per heavy atom. The highest BCUT2D eigenvalue weighted by Crippen LogP contribution is 2.24. The number of fused-ring (bicyclic) bond motifs is 1. The molecular weight excluding hydrogens is 148 g/mol. The average Bonchev–Trinajstić information content (AvgIpc) is 2.27. The van der Waals surface area contributed by atoms with Crippen LogP contribution in [0.1, 0.15) is 0 Å². The van der Waals surface area contributed by atoms with Crippen LogP contribution in [0.5, 0.6) is 0 Å². The van der Waals surface area contributed by atoms with Crippen LogP contribution in [-0.4, -0.2) is 24.0 Å². The highest BCUT2D eigenvalue weighted by Gasteiger charge is 2.25. The van der Waals surface area contributed by atoms with Gasteiger partial charge in [-0.3, -0.25) is 0 Å². The standard InChI is InChI=1S/C7H6O4/c8-6-2-5-4(3-10-6)1-7(9)11-5/h1-2,6,8H,3H2. The maximum absolute atomic E-state index is 10.6. The lowest BCUT2D eigenvalue weighted by Gasteiger charge is -2.15. The molecule has 0 spiro atoms. The summed E-state index contributed by atoms with van der Waals surface area (Å²) >= 11 is 0. The van der Waals surface area contributed by atoms with Crippen molar-refractivity contribution in [3.8, 4) is 0 Å². The third-order valence-electron chi connectivity index (χ3n) is 1.52. The van der Waals surface area contributed by atoms with E-state index in [0.29, 0.717) is 11.3 Å². The second-order valence-electron chi connectivity index (χ2n) is 2.32. The summed E-state index contributed by atoms with van der Waals surface area (Å²) in [5.41, 5.74) is 0.695. The van der Waals surface area contributed by atoms with Gasteiger partial charge >= 0.3 is 5.97 Å². The molecule has 1 N–H and O–H groups in total. The fourth-order valence-corrected chi connectivity index (χ4v) is 1.02. The predicted molar refractivity (Wildman–Crippen MR) is 34.2 cm³/mol. The van der Waals surface area contributed by atoms with Gasteiger partial charge in [-0.1, -0.05) is 0 Å². The van der Waals surface area contributed by atoms with Crippen molar-refractivity contribution in [1.82, 2.24) is 0 Å². The zero-order valence-corrected chi connectivity index (χ0v) is 5.61. The molecule has 0 radical (unpaired) electrons. The van der Waals surface area contributed by atoms with E-state index in [1.165, 1.54) is 12.2 Å². The number of aliphatic hydroxyl groups excluding tert-OH is 1. The molecule has 4 heteroatoms. The van der Waals surface area contributed by atoms with Gasteiger partial charge in [0, 0.05) is 17.7 Å². The zero-order valence-electron chi connectivity index (χ0n) is 5.61. The van der Waals surface area contributed by atoms with Gasteiger partial charge in [-0.2, -0.15) is 0 Å². The lowest BCUT2D eigenvalue weighted by Crippen LogP contribution is -2.17. The van der Waals surface area contributed by atoms with Gasteiger partial charge < -0.3 is 14.6 Å². The summed E-state index contributed by atoms with van der Waals surface area (Å²) in [6, 6.07) is 0. The molecule has 0 fully saturated rings. The van der Waals surface area contributed by atoms with Gasteiger partial charge in [0.2, 0.25) is 0 Å².